The molecule has 0 bridgehead atoms. The van der Waals surface area contributed by atoms with E-state index in [9.17, 15) is 0 Å². The van der Waals surface area contributed by atoms with E-state index in [0.29, 0.717) is 0 Å². The van der Waals surface area contributed by atoms with Gasteiger partial charge in [0.15, 0.2) is 0 Å². The Bertz CT molecular complexity index is 732. The molecule has 0 spiro atoms. The quantitative estimate of drug-likeness (QED) is 0.114. The second kappa shape index (κ2) is 18.4. The first-order valence-electron chi connectivity index (χ1n) is 16.1. The standard InChI is InChI=1S/C7H6N4.6C4H9.2Sn/c1-3-8-10(5-1)7-11-6-2-4-9-11;6*1-3-4-2;;/h1-4H,7H2;6*1,3-4H2,2H3;;. The van der Waals surface area contributed by atoms with E-state index in [1.54, 1.807) is 7.42 Å². The molecule has 4 nitrogen and oxygen atoms in total. The van der Waals surface area contributed by atoms with Gasteiger partial charge in [0.25, 0.3) is 0 Å². The average Bonchev–Trinajstić information content (AvgIpc) is 3.59. The van der Waals surface area contributed by atoms with Gasteiger partial charge in [0, 0.05) is 0 Å². The number of hydrogen-bond acceptors (Lipinski definition) is 2. The second-order valence-electron chi connectivity index (χ2n) is 11.8. The van der Waals surface area contributed by atoms with Crippen molar-refractivity contribution in [3.8, 4) is 0 Å². The molecular formula is C31H60N4Sn2. The molecule has 37 heavy (non-hydrogen) atoms. The molecule has 2 rings (SSSR count). The molecule has 2 aromatic heterocycles. The Kier molecular flexibility index (Phi) is 16.5. The third kappa shape index (κ3) is 9.56. The van der Waals surface area contributed by atoms with Crippen LogP contribution in [0, 0.1) is 0 Å². The summed E-state index contributed by atoms with van der Waals surface area (Å²) >= 11 is -5.12. The number of hydrogen-bond donors (Lipinski definition) is 0. The van der Waals surface area contributed by atoms with Gasteiger partial charge in [-0.2, -0.15) is 0 Å². The number of rotatable bonds is 22. The molecular weight excluding hydrogens is 666 g/mol. The van der Waals surface area contributed by atoms with Gasteiger partial charge in [-0.25, -0.2) is 0 Å². The van der Waals surface area contributed by atoms with Crippen molar-refractivity contribution < 1.29 is 0 Å². The zero-order valence-corrected chi connectivity index (χ0v) is 31.2. The Labute approximate surface area is 238 Å². The summed E-state index contributed by atoms with van der Waals surface area (Å²) in [7, 11) is 0. The fourth-order valence-corrected chi connectivity index (χ4v) is 39.1. The minimum absolute atomic E-state index is 0.844. The molecule has 2 aromatic rings. The summed E-state index contributed by atoms with van der Waals surface area (Å²) in [5.74, 6) is 0. The third-order valence-electron chi connectivity index (χ3n) is 8.84. The minimum atomic E-state index is -2.56. The van der Waals surface area contributed by atoms with Gasteiger partial charge < -0.3 is 0 Å². The van der Waals surface area contributed by atoms with Crippen LogP contribution in [-0.4, -0.2) is 56.3 Å². The van der Waals surface area contributed by atoms with Crippen LogP contribution in [0.4, 0.5) is 0 Å². The van der Waals surface area contributed by atoms with Crippen LogP contribution in [0.15, 0.2) is 24.5 Å². The Morgan fingerprint density at radius 2 is 0.757 bits per heavy atom. The first-order valence-corrected chi connectivity index (χ1v) is 31.1. The van der Waals surface area contributed by atoms with Crippen molar-refractivity contribution in [2.24, 2.45) is 0 Å². The predicted molar refractivity (Wildman–Crippen MR) is 169 cm³/mol. The number of aromatic nitrogens is 4. The fourth-order valence-electron chi connectivity index (χ4n) is 6.53. The van der Waals surface area contributed by atoms with Crippen LogP contribution in [-0.2, 0) is 6.67 Å². The van der Waals surface area contributed by atoms with E-state index < -0.39 is 36.8 Å². The van der Waals surface area contributed by atoms with Gasteiger partial charge in [-0.3, -0.25) is 0 Å². The average molecular weight is 726 g/mol. The molecule has 0 N–H and O–H groups in total. The van der Waals surface area contributed by atoms with Gasteiger partial charge in [0.1, 0.15) is 0 Å². The van der Waals surface area contributed by atoms with E-state index >= 15 is 0 Å². The first kappa shape index (κ1) is 33.2. The summed E-state index contributed by atoms with van der Waals surface area (Å²) in [5.41, 5.74) is 0. The molecule has 212 valence electrons. The maximum atomic E-state index is 5.02. The zero-order valence-electron chi connectivity index (χ0n) is 25.5. The molecule has 2 heterocycles. The van der Waals surface area contributed by atoms with Crippen LogP contribution < -0.4 is 7.42 Å². The second-order valence-corrected chi connectivity index (χ2v) is 37.9. The summed E-state index contributed by atoms with van der Waals surface area (Å²) < 4.78 is 17.2. The summed E-state index contributed by atoms with van der Waals surface area (Å²) in [6, 6.07) is 4.89. The summed E-state index contributed by atoms with van der Waals surface area (Å²) in [6.07, 6.45) is 20.5. The molecule has 6 heteroatoms. The Morgan fingerprint density at radius 3 is 1.00 bits per heavy atom. The number of nitrogens with zero attached hydrogens (tertiary/aromatic N) is 4. The van der Waals surface area contributed by atoms with Crippen LogP contribution in [0.25, 0.3) is 0 Å². The van der Waals surface area contributed by atoms with E-state index in [4.69, 9.17) is 10.2 Å². The van der Waals surface area contributed by atoms with Gasteiger partial charge >= 0.3 is 240 Å². The van der Waals surface area contributed by atoms with Crippen molar-refractivity contribution in [2.75, 3.05) is 0 Å². The van der Waals surface area contributed by atoms with Gasteiger partial charge in [-0.1, -0.05) is 0 Å². The molecule has 0 aliphatic heterocycles. The molecule has 0 radical (unpaired) electrons. The predicted octanol–water partition coefficient (Wildman–Crippen LogP) is 8.70. The Hall–Kier alpha value is 0.0174. The van der Waals surface area contributed by atoms with Crippen molar-refractivity contribution in [3.63, 3.8) is 0 Å². The van der Waals surface area contributed by atoms with Gasteiger partial charge in [-0.15, -0.1) is 0 Å². The first-order chi connectivity index (χ1) is 18.1. The fraction of sp³-hybridized carbons (Fsp3) is 0.806. The van der Waals surface area contributed by atoms with Crippen molar-refractivity contribution in [1.29, 1.82) is 0 Å². The molecule has 0 aliphatic carbocycles. The van der Waals surface area contributed by atoms with Crippen molar-refractivity contribution >= 4 is 44.2 Å². The molecule has 0 saturated carbocycles. The van der Waals surface area contributed by atoms with Crippen molar-refractivity contribution in [3.05, 3.63) is 24.5 Å². The summed E-state index contributed by atoms with van der Waals surface area (Å²) in [4.78, 5) is 0. The SMILES string of the molecule is CCC[CH2][Sn]([CH2]CCC)([CH2]CCC)[c]1ccnn1Cn1ncc[c]1[Sn]([CH2]CCC)([CH2]CCC)[CH2]CCC. The number of unbranched alkanes of at least 4 members (excludes halogenated alkanes) is 6. The van der Waals surface area contributed by atoms with Crippen molar-refractivity contribution in [2.45, 2.75) is 152 Å². The van der Waals surface area contributed by atoms with Crippen LogP contribution in [0.5, 0.6) is 0 Å². The molecule has 0 aromatic carbocycles. The zero-order chi connectivity index (χ0) is 27.0. The Balaban J connectivity index is 2.49. The van der Waals surface area contributed by atoms with Crippen LogP contribution in [0.3, 0.4) is 0 Å². The third-order valence-corrected chi connectivity index (χ3v) is 39.9. The molecule has 0 amide bonds. The monoisotopic (exact) mass is 728 g/mol. The van der Waals surface area contributed by atoms with Gasteiger partial charge in [0.05, 0.1) is 0 Å². The van der Waals surface area contributed by atoms with Crippen LogP contribution >= 0.6 is 0 Å². The molecule has 0 unspecified atom stereocenters. The summed E-state index contributed by atoms with van der Waals surface area (Å²) in [5, 5.41) is 10.0. The maximum absolute atomic E-state index is 5.02. The molecule has 0 atom stereocenters. The normalized spacial score (nSPS) is 12.5. The van der Waals surface area contributed by atoms with Gasteiger partial charge in [0.2, 0.25) is 0 Å². The van der Waals surface area contributed by atoms with Crippen LogP contribution in [0.2, 0.25) is 26.6 Å². The van der Waals surface area contributed by atoms with Gasteiger partial charge in [-0.05, 0) is 0 Å². The van der Waals surface area contributed by atoms with E-state index in [2.05, 4.69) is 75.4 Å². The van der Waals surface area contributed by atoms with Crippen molar-refractivity contribution in [1.82, 2.24) is 19.6 Å². The van der Waals surface area contributed by atoms with E-state index in [1.165, 1.54) is 104 Å². The molecule has 0 saturated heterocycles. The molecule has 0 aliphatic rings. The van der Waals surface area contributed by atoms with E-state index in [1.807, 2.05) is 0 Å². The van der Waals surface area contributed by atoms with Crippen LogP contribution in [0.1, 0.15) is 119 Å². The topological polar surface area (TPSA) is 35.6 Å². The van der Waals surface area contributed by atoms with E-state index in [0.717, 1.165) is 6.67 Å². The summed E-state index contributed by atoms with van der Waals surface area (Å²) in [6.45, 7) is 15.1. The Morgan fingerprint density at radius 1 is 0.486 bits per heavy atom. The van der Waals surface area contributed by atoms with E-state index in [-0.39, 0.29) is 0 Å². The molecule has 0 fully saturated rings.